The lowest BCUT2D eigenvalue weighted by atomic mass is 10.3. The van der Waals surface area contributed by atoms with Gasteiger partial charge in [-0.25, -0.2) is 9.18 Å². The van der Waals surface area contributed by atoms with Gasteiger partial charge < -0.3 is 8.92 Å². The standard InChI is InChI=1S/C12H13FO5S/c1-9(2)12(14)17-11(13)8-19(15,16)18-10-6-4-3-5-7-10/h3-7,11H,1,8H2,2H3. The van der Waals surface area contributed by atoms with Crippen molar-refractivity contribution in [3.63, 3.8) is 0 Å². The Bertz CT molecular complexity index is 553. The quantitative estimate of drug-likeness (QED) is 0.453. The first kappa shape index (κ1) is 15.2. The Balaban J connectivity index is 2.60. The molecule has 1 atom stereocenters. The van der Waals surface area contributed by atoms with Crippen LogP contribution in [0.5, 0.6) is 5.75 Å². The number of ether oxygens (including phenoxy) is 1. The number of benzene rings is 1. The molecule has 1 unspecified atom stereocenters. The van der Waals surface area contributed by atoms with Crippen LogP contribution in [0.1, 0.15) is 6.92 Å². The number of alkyl halides is 1. The van der Waals surface area contributed by atoms with E-state index in [1.54, 1.807) is 18.2 Å². The Morgan fingerprint density at radius 3 is 2.47 bits per heavy atom. The maximum atomic E-state index is 13.3. The molecule has 0 spiro atoms. The number of carbonyl (C=O) groups is 1. The Kier molecular flexibility index (Phi) is 5.05. The highest BCUT2D eigenvalue weighted by atomic mass is 32.2. The predicted octanol–water partition coefficient (Wildman–Crippen LogP) is 1.81. The Morgan fingerprint density at radius 1 is 1.37 bits per heavy atom. The maximum Gasteiger partial charge on any atom is 0.335 e. The highest BCUT2D eigenvalue weighted by molar-refractivity contribution is 7.87. The van der Waals surface area contributed by atoms with E-state index in [-0.39, 0.29) is 11.3 Å². The summed E-state index contributed by atoms with van der Waals surface area (Å²) < 4.78 is 45.1. The van der Waals surface area contributed by atoms with Gasteiger partial charge in [-0.3, -0.25) is 0 Å². The Hall–Kier alpha value is -1.89. The molecule has 7 heteroatoms. The minimum atomic E-state index is -4.19. The lowest BCUT2D eigenvalue weighted by molar-refractivity contribution is -0.150. The molecule has 0 aliphatic carbocycles. The lowest BCUT2D eigenvalue weighted by Crippen LogP contribution is -2.26. The van der Waals surface area contributed by atoms with Crippen LogP contribution < -0.4 is 4.18 Å². The van der Waals surface area contributed by atoms with Gasteiger partial charge in [0.2, 0.25) is 0 Å². The van der Waals surface area contributed by atoms with Crippen LogP contribution in [0.15, 0.2) is 42.5 Å². The lowest BCUT2D eigenvalue weighted by Gasteiger charge is -2.11. The van der Waals surface area contributed by atoms with E-state index in [9.17, 15) is 17.6 Å². The molecule has 0 saturated heterocycles. The van der Waals surface area contributed by atoms with Crippen LogP contribution in [0.2, 0.25) is 0 Å². The third-order valence-corrected chi connectivity index (χ3v) is 3.00. The molecule has 0 aliphatic heterocycles. The average molecular weight is 288 g/mol. The molecule has 0 amide bonds. The van der Waals surface area contributed by atoms with Gasteiger partial charge in [-0.1, -0.05) is 24.8 Å². The number of hydrogen-bond donors (Lipinski definition) is 0. The largest absolute Gasteiger partial charge is 0.426 e. The van der Waals surface area contributed by atoms with Crippen molar-refractivity contribution in [2.75, 3.05) is 5.75 Å². The van der Waals surface area contributed by atoms with Gasteiger partial charge in [0.1, 0.15) is 5.75 Å². The second kappa shape index (κ2) is 6.33. The molecule has 1 rings (SSSR count). The molecular formula is C12H13FO5S. The fourth-order valence-electron chi connectivity index (χ4n) is 1.07. The summed E-state index contributed by atoms with van der Waals surface area (Å²) in [4.78, 5) is 11.0. The number of rotatable bonds is 6. The summed E-state index contributed by atoms with van der Waals surface area (Å²) in [6.45, 7) is 4.57. The molecule has 0 aromatic heterocycles. The second-order valence-corrected chi connectivity index (χ2v) is 5.33. The van der Waals surface area contributed by atoms with Crippen molar-refractivity contribution in [2.24, 2.45) is 0 Å². The van der Waals surface area contributed by atoms with Gasteiger partial charge in [-0.15, -0.1) is 0 Å². The van der Waals surface area contributed by atoms with Crippen molar-refractivity contribution >= 4 is 16.1 Å². The summed E-state index contributed by atoms with van der Waals surface area (Å²) in [5.41, 5.74) is -0.0241. The number of esters is 1. The molecule has 0 bridgehead atoms. The Morgan fingerprint density at radius 2 is 1.95 bits per heavy atom. The fraction of sp³-hybridized carbons (Fsp3) is 0.250. The SMILES string of the molecule is C=C(C)C(=O)OC(F)CS(=O)(=O)Oc1ccccc1. The predicted molar refractivity (Wildman–Crippen MR) is 66.7 cm³/mol. The zero-order chi connectivity index (χ0) is 14.5. The number of para-hydroxylation sites is 1. The zero-order valence-corrected chi connectivity index (χ0v) is 11.0. The van der Waals surface area contributed by atoms with Crippen LogP contribution >= 0.6 is 0 Å². The molecule has 0 N–H and O–H groups in total. The van der Waals surface area contributed by atoms with Crippen LogP contribution in [-0.2, 0) is 19.6 Å². The number of hydrogen-bond acceptors (Lipinski definition) is 5. The molecular weight excluding hydrogens is 275 g/mol. The molecule has 0 saturated carbocycles. The Labute approximate surface area is 110 Å². The van der Waals surface area contributed by atoms with Crippen LogP contribution in [0, 0.1) is 0 Å². The highest BCUT2D eigenvalue weighted by Crippen LogP contribution is 2.13. The van der Waals surface area contributed by atoms with Gasteiger partial charge in [0.05, 0.1) is 0 Å². The van der Waals surface area contributed by atoms with Crippen LogP contribution in [0.3, 0.4) is 0 Å². The van der Waals surface area contributed by atoms with Crippen LogP contribution in [-0.4, -0.2) is 26.5 Å². The molecule has 1 aromatic carbocycles. The van der Waals surface area contributed by atoms with Gasteiger partial charge in [-0.05, 0) is 19.1 Å². The molecule has 19 heavy (non-hydrogen) atoms. The molecule has 0 heterocycles. The highest BCUT2D eigenvalue weighted by Gasteiger charge is 2.24. The van der Waals surface area contributed by atoms with Crippen molar-refractivity contribution in [3.8, 4) is 5.75 Å². The molecule has 0 fully saturated rings. The van der Waals surface area contributed by atoms with Crippen molar-refractivity contribution in [3.05, 3.63) is 42.5 Å². The summed E-state index contributed by atoms with van der Waals surface area (Å²) in [6.07, 6.45) is -2.31. The van der Waals surface area contributed by atoms with E-state index in [2.05, 4.69) is 15.5 Å². The smallest absolute Gasteiger partial charge is 0.335 e. The van der Waals surface area contributed by atoms with Crippen LogP contribution in [0.25, 0.3) is 0 Å². The monoisotopic (exact) mass is 288 g/mol. The van der Waals surface area contributed by atoms with E-state index in [1.807, 2.05) is 0 Å². The first-order chi connectivity index (χ1) is 8.80. The minimum absolute atomic E-state index is 0.0241. The minimum Gasteiger partial charge on any atom is -0.426 e. The summed E-state index contributed by atoms with van der Waals surface area (Å²) in [7, 11) is -4.19. The van der Waals surface area contributed by atoms with Gasteiger partial charge in [-0.2, -0.15) is 8.42 Å². The second-order valence-electron chi connectivity index (χ2n) is 3.72. The third-order valence-electron chi connectivity index (χ3n) is 1.88. The zero-order valence-electron chi connectivity index (χ0n) is 10.2. The average Bonchev–Trinajstić information content (AvgIpc) is 2.28. The van der Waals surface area contributed by atoms with E-state index in [1.165, 1.54) is 19.1 Å². The van der Waals surface area contributed by atoms with Crippen molar-refractivity contribution < 1.29 is 26.5 Å². The normalized spacial score (nSPS) is 12.5. The molecule has 0 aliphatic rings. The number of carbonyl (C=O) groups excluding carboxylic acids is 1. The van der Waals surface area contributed by atoms with E-state index < -0.39 is 28.2 Å². The molecule has 0 radical (unpaired) electrons. The van der Waals surface area contributed by atoms with E-state index >= 15 is 0 Å². The summed E-state index contributed by atoms with van der Waals surface area (Å²) in [5, 5.41) is 0. The van der Waals surface area contributed by atoms with Gasteiger partial charge in [0.15, 0.2) is 5.75 Å². The van der Waals surface area contributed by atoms with E-state index in [4.69, 9.17) is 0 Å². The van der Waals surface area contributed by atoms with Crippen LogP contribution in [0.4, 0.5) is 4.39 Å². The summed E-state index contributed by atoms with van der Waals surface area (Å²) >= 11 is 0. The van der Waals surface area contributed by atoms with E-state index in [0.29, 0.717) is 0 Å². The summed E-state index contributed by atoms with van der Waals surface area (Å²) in [6, 6.07) is 7.62. The molecule has 104 valence electrons. The van der Waals surface area contributed by atoms with E-state index in [0.717, 1.165) is 0 Å². The van der Waals surface area contributed by atoms with Crippen molar-refractivity contribution in [1.29, 1.82) is 0 Å². The van der Waals surface area contributed by atoms with Crippen molar-refractivity contribution in [1.82, 2.24) is 0 Å². The fourth-order valence-corrected chi connectivity index (χ4v) is 1.93. The topological polar surface area (TPSA) is 69.7 Å². The first-order valence-corrected chi connectivity index (χ1v) is 6.85. The molecule has 1 aromatic rings. The van der Waals surface area contributed by atoms with Gasteiger partial charge in [0, 0.05) is 5.57 Å². The summed E-state index contributed by atoms with van der Waals surface area (Å²) in [5.74, 6) is -2.02. The van der Waals surface area contributed by atoms with Gasteiger partial charge in [0.25, 0.3) is 6.36 Å². The maximum absolute atomic E-state index is 13.3. The molecule has 5 nitrogen and oxygen atoms in total. The van der Waals surface area contributed by atoms with Gasteiger partial charge >= 0.3 is 16.1 Å². The van der Waals surface area contributed by atoms with Crippen molar-refractivity contribution in [2.45, 2.75) is 13.3 Å². The number of halogens is 1. The third kappa shape index (κ3) is 5.52. The first-order valence-electron chi connectivity index (χ1n) is 5.28.